The van der Waals surface area contributed by atoms with E-state index in [-0.39, 0.29) is 19.8 Å². The van der Waals surface area contributed by atoms with Crippen molar-refractivity contribution in [2.24, 2.45) is 0 Å². The first-order valence-corrected chi connectivity index (χ1v) is 5.41. The molecule has 0 rings (SSSR count). The van der Waals surface area contributed by atoms with E-state index < -0.39 is 11.9 Å². The van der Waals surface area contributed by atoms with E-state index in [9.17, 15) is 9.59 Å². The van der Waals surface area contributed by atoms with E-state index in [1.807, 2.05) is 0 Å². The molecular formula is C11H18O7. The van der Waals surface area contributed by atoms with Crippen LogP contribution >= 0.6 is 0 Å². The number of carboxylic acid groups (broad SMARTS) is 1. The number of ether oxygens (including phenoxy) is 4. The molecule has 18 heavy (non-hydrogen) atoms. The fraction of sp³-hybridized carbons (Fsp3) is 0.636. The van der Waals surface area contributed by atoms with Gasteiger partial charge in [0.25, 0.3) is 0 Å². The van der Waals surface area contributed by atoms with Gasteiger partial charge in [-0.25, -0.2) is 9.59 Å². The van der Waals surface area contributed by atoms with Gasteiger partial charge in [-0.15, -0.1) is 0 Å². The highest BCUT2D eigenvalue weighted by molar-refractivity contribution is 5.81. The van der Waals surface area contributed by atoms with Crippen LogP contribution < -0.4 is 0 Å². The first-order chi connectivity index (χ1) is 8.66. The van der Waals surface area contributed by atoms with E-state index in [1.165, 1.54) is 0 Å². The van der Waals surface area contributed by atoms with E-state index in [0.29, 0.717) is 26.4 Å². The summed E-state index contributed by atoms with van der Waals surface area (Å²) in [6.45, 7) is 4.66. The third kappa shape index (κ3) is 12.6. The molecule has 7 heteroatoms. The Morgan fingerprint density at radius 3 is 1.94 bits per heavy atom. The molecule has 0 unspecified atom stereocenters. The van der Waals surface area contributed by atoms with Gasteiger partial charge in [0.05, 0.1) is 33.0 Å². The van der Waals surface area contributed by atoms with Crippen molar-refractivity contribution in [1.82, 2.24) is 0 Å². The number of carbonyl (C=O) groups is 2. The lowest BCUT2D eigenvalue weighted by Gasteiger charge is -2.06. The van der Waals surface area contributed by atoms with E-state index in [4.69, 9.17) is 19.3 Å². The molecule has 0 aliphatic rings. The van der Waals surface area contributed by atoms with E-state index in [1.54, 1.807) is 0 Å². The maximum absolute atomic E-state index is 10.6. The highest BCUT2D eigenvalue weighted by atomic mass is 16.6. The second kappa shape index (κ2) is 12.0. The summed E-state index contributed by atoms with van der Waals surface area (Å²) >= 11 is 0. The van der Waals surface area contributed by atoms with Crippen molar-refractivity contribution in [1.29, 1.82) is 0 Å². The van der Waals surface area contributed by atoms with Crippen LogP contribution in [0, 0.1) is 0 Å². The Morgan fingerprint density at radius 2 is 1.44 bits per heavy atom. The van der Waals surface area contributed by atoms with Gasteiger partial charge in [0.15, 0.2) is 0 Å². The van der Waals surface area contributed by atoms with Gasteiger partial charge in [-0.1, -0.05) is 6.58 Å². The summed E-state index contributed by atoms with van der Waals surface area (Å²) in [5.74, 6) is -1.49. The lowest BCUT2D eigenvalue weighted by molar-refractivity contribution is -0.142. The minimum atomic E-state index is -1.01. The molecule has 0 radical (unpaired) electrons. The zero-order valence-corrected chi connectivity index (χ0v) is 10.1. The average molecular weight is 262 g/mol. The van der Waals surface area contributed by atoms with Crippen LogP contribution in [-0.4, -0.2) is 63.3 Å². The number of rotatable bonds is 12. The van der Waals surface area contributed by atoms with Gasteiger partial charge in [-0.05, 0) is 0 Å². The molecule has 0 fully saturated rings. The summed E-state index contributed by atoms with van der Waals surface area (Å²) in [5, 5.41) is 8.27. The van der Waals surface area contributed by atoms with Gasteiger partial charge in [0, 0.05) is 6.08 Å². The van der Waals surface area contributed by atoms with Crippen LogP contribution in [0.25, 0.3) is 0 Å². The highest BCUT2D eigenvalue weighted by Gasteiger charge is 1.97. The molecule has 0 saturated carbocycles. The quantitative estimate of drug-likeness (QED) is 0.297. The van der Waals surface area contributed by atoms with Crippen LogP contribution in [0.1, 0.15) is 0 Å². The molecule has 7 nitrogen and oxygen atoms in total. The summed E-state index contributed by atoms with van der Waals surface area (Å²) in [5.41, 5.74) is 0. The molecule has 104 valence electrons. The predicted octanol–water partition coefficient (Wildman–Crippen LogP) is -0.150. The number of carboxylic acids is 1. The molecule has 0 aromatic rings. The Morgan fingerprint density at radius 1 is 0.944 bits per heavy atom. The molecule has 0 aromatic carbocycles. The normalized spacial score (nSPS) is 10.0. The second-order valence-corrected chi connectivity index (χ2v) is 3.04. The van der Waals surface area contributed by atoms with Gasteiger partial charge in [-0.3, -0.25) is 0 Å². The third-order valence-electron chi connectivity index (χ3n) is 1.61. The minimum absolute atomic E-state index is 0.173. The summed E-state index contributed by atoms with van der Waals surface area (Å²) in [6.07, 6.45) is 1.08. The maximum Gasteiger partial charge on any atom is 0.330 e. The van der Waals surface area contributed by atoms with Crippen LogP contribution in [0.4, 0.5) is 0 Å². The van der Waals surface area contributed by atoms with Crippen molar-refractivity contribution in [2.75, 3.05) is 46.2 Å². The number of hydrogen-bond acceptors (Lipinski definition) is 6. The Bertz CT molecular complexity index is 252. The summed E-state index contributed by atoms with van der Waals surface area (Å²) < 4.78 is 19.6. The zero-order valence-electron chi connectivity index (χ0n) is 10.1. The predicted molar refractivity (Wildman–Crippen MR) is 61.2 cm³/mol. The zero-order chi connectivity index (χ0) is 13.6. The van der Waals surface area contributed by atoms with Gasteiger partial charge >= 0.3 is 11.9 Å². The molecule has 0 spiro atoms. The van der Waals surface area contributed by atoms with Gasteiger partial charge in [0.1, 0.15) is 13.2 Å². The lowest BCUT2D eigenvalue weighted by atomic mass is 10.6. The molecule has 0 amide bonds. The van der Waals surface area contributed by atoms with Crippen molar-refractivity contribution in [3.8, 4) is 0 Å². The fourth-order valence-electron chi connectivity index (χ4n) is 0.859. The first-order valence-electron chi connectivity index (χ1n) is 5.41. The average Bonchev–Trinajstić information content (AvgIpc) is 2.35. The number of esters is 1. The monoisotopic (exact) mass is 262 g/mol. The Balaban J connectivity index is 3.05. The molecule has 0 saturated heterocycles. The van der Waals surface area contributed by atoms with Crippen molar-refractivity contribution in [3.63, 3.8) is 0 Å². The Kier molecular flexibility index (Phi) is 11.1. The van der Waals surface area contributed by atoms with Crippen molar-refractivity contribution < 1.29 is 33.6 Å². The highest BCUT2D eigenvalue weighted by Crippen LogP contribution is 1.83. The molecule has 0 aliphatic heterocycles. The largest absolute Gasteiger partial charge is 0.480 e. The van der Waals surface area contributed by atoms with Crippen molar-refractivity contribution in [3.05, 3.63) is 12.7 Å². The standard InChI is InChI=1S/C11H18O7/c1-2-11(14)18-8-7-16-4-3-15-5-6-17-9-10(12)13/h2H,1,3-9H2,(H,12,13). The number of aliphatic carboxylic acids is 1. The van der Waals surface area contributed by atoms with Crippen LogP contribution in [0.2, 0.25) is 0 Å². The first kappa shape index (κ1) is 16.6. The summed E-state index contributed by atoms with van der Waals surface area (Å²) in [7, 11) is 0. The van der Waals surface area contributed by atoms with Crippen molar-refractivity contribution in [2.45, 2.75) is 0 Å². The van der Waals surface area contributed by atoms with Crippen molar-refractivity contribution >= 4 is 11.9 Å². The smallest absolute Gasteiger partial charge is 0.330 e. The molecule has 0 aromatic heterocycles. The van der Waals surface area contributed by atoms with E-state index >= 15 is 0 Å². The molecule has 0 atom stereocenters. The molecular weight excluding hydrogens is 244 g/mol. The molecule has 0 aliphatic carbocycles. The van der Waals surface area contributed by atoms with Gasteiger partial charge in [0.2, 0.25) is 0 Å². The third-order valence-corrected chi connectivity index (χ3v) is 1.61. The molecule has 0 bridgehead atoms. The van der Waals surface area contributed by atoms with Gasteiger partial charge < -0.3 is 24.1 Å². The topological polar surface area (TPSA) is 91.3 Å². The van der Waals surface area contributed by atoms with Crippen LogP contribution in [-0.2, 0) is 28.5 Å². The molecule has 0 heterocycles. The fourth-order valence-corrected chi connectivity index (χ4v) is 0.859. The van der Waals surface area contributed by atoms with E-state index in [2.05, 4.69) is 11.3 Å². The second-order valence-electron chi connectivity index (χ2n) is 3.04. The number of carbonyl (C=O) groups excluding carboxylic acids is 1. The van der Waals surface area contributed by atoms with E-state index in [0.717, 1.165) is 6.08 Å². The number of hydrogen-bond donors (Lipinski definition) is 1. The SMILES string of the molecule is C=CC(=O)OCCOCCOCCOCC(=O)O. The Labute approximate surface area is 105 Å². The summed E-state index contributed by atoms with van der Waals surface area (Å²) in [6, 6.07) is 0. The Hall–Kier alpha value is -1.44. The maximum atomic E-state index is 10.6. The van der Waals surface area contributed by atoms with Gasteiger partial charge in [-0.2, -0.15) is 0 Å². The van der Waals surface area contributed by atoms with Crippen LogP contribution in [0.5, 0.6) is 0 Å². The van der Waals surface area contributed by atoms with Crippen LogP contribution in [0.15, 0.2) is 12.7 Å². The lowest BCUT2D eigenvalue weighted by Crippen LogP contribution is -2.14. The minimum Gasteiger partial charge on any atom is -0.480 e. The molecule has 1 N–H and O–H groups in total. The van der Waals surface area contributed by atoms with Crippen LogP contribution in [0.3, 0.4) is 0 Å². The summed E-state index contributed by atoms with van der Waals surface area (Å²) in [4.78, 5) is 20.7.